The number of nitrogens with zero attached hydrogens (tertiary/aromatic N) is 5. The summed E-state index contributed by atoms with van der Waals surface area (Å²) in [5, 5.41) is 12.2. The largest absolute Gasteiger partial charge is 0.381 e. The Kier molecular flexibility index (Phi) is 6.19. The zero-order valence-electron chi connectivity index (χ0n) is 23.6. The van der Waals surface area contributed by atoms with Gasteiger partial charge in [-0.05, 0) is 43.2 Å². The predicted octanol–water partition coefficient (Wildman–Crippen LogP) is 6.49. The van der Waals surface area contributed by atoms with E-state index in [1.54, 1.807) is 4.68 Å². The Bertz CT molecular complexity index is 1940. The van der Waals surface area contributed by atoms with Crippen LogP contribution in [0.4, 0.5) is 23.1 Å². The number of aromatic nitrogens is 5. The number of fused-ring (bicyclic) bond motifs is 2. The second kappa shape index (κ2) is 10.2. The van der Waals surface area contributed by atoms with Crippen LogP contribution in [0.25, 0.3) is 22.2 Å². The molecule has 3 N–H and O–H groups in total. The fraction of sp³-hybridized carbons (Fsp3) is 0.152. The quantitative estimate of drug-likeness (QED) is 0.208. The molecule has 0 aliphatic carbocycles. The van der Waals surface area contributed by atoms with E-state index >= 15 is 0 Å². The molecule has 1 aliphatic heterocycles. The zero-order chi connectivity index (χ0) is 28.8. The Morgan fingerprint density at radius 1 is 0.976 bits per heavy atom. The Morgan fingerprint density at radius 3 is 2.62 bits per heavy atom. The van der Waals surface area contributed by atoms with Crippen LogP contribution >= 0.6 is 0 Å². The number of anilines is 4. The lowest BCUT2D eigenvalue weighted by molar-refractivity contribution is 0.0997. The fourth-order valence-corrected chi connectivity index (χ4v) is 5.56. The molecule has 1 amide bonds. The van der Waals surface area contributed by atoms with Gasteiger partial charge in [0.25, 0.3) is 5.91 Å². The molecule has 3 aromatic heterocycles. The standard InChI is InChI=1S/C33H30N8O/c1-20-16-36-33(37-29-15-21(2)40(3)39-29)38-30(20)25-18-35-31-23(25)11-8-14-28(31)41-19-26-24(32(41)42)12-7-13-27(26)34-17-22-9-5-4-6-10-22/h4-16,18,34-35H,17,19H2,1-3H3,(H,36,37,38,39). The van der Waals surface area contributed by atoms with Gasteiger partial charge in [0, 0.05) is 65.5 Å². The number of carbonyl (C=O) groups is 1. The van der Waals surface area contributed by atoms with Gasteiger partial charge in [-0.3, -0.25) is 9.48 Å². The van der Waals surface area contributed by atoms with Crippen LogP contribution in [0, 0.1) is 13.8 Å². The number of H-pyrrole nitrogens is 1. The molecule has 0 saturated heterocycles. The van der Waals surface area contributed by atoms with Crippen LogP contribution in [0.3, 0.4) is 0 Å². The van der Waals surface area contributed by atoms with Crippen LogP contribution in [0.1, 0.15) is 32.7 Å². The third-order valence-electron chi connectivity index (χ3n) is 7.86. The van der Waals surface area contributed by atoms with Crippen molar-refractivity contribution in [3.63, 3.8) is 0 Å². The van der Waals surface area contributed by atoms with Crippen LogP contribution < -0.4 is 15.5 Å². The maximum Gasteiger partial charge on any atom is 0.259 e. The van der Waals surface area contributed by atoms with Crippen molar-refractivity contribution >= 4 is 40.0 Å². The summed E-state index contributed by atoms with van der Waals surface area (Å²) in [4.78, 5) is 28.3. The Balaban J connectivity index is 1.20. The highest BCUT2D eigenvalue weighted by atomic mass is 16.2. The van der Waals surface area contributed by atoms with Crippen molar-refractivity contribution in [1.82, 2.24) is 24.7 Å². The highest BCUT2D eigenvalue weighted by molar-refractivity contribution is 6.15. The first-order valence-electron chi connectivity index (χ1n) is 13.9. The number of aromatic amines is 1. The van der Waals surface area contributed by atoms with E-state index in [0.29, 0.717) is 24.9 Å². The van der Waals surface area contributed by atoms with Gasteiger partial charge < -0.3 is 20.5 Å². The number of aryl methyl sites for hydroxylation is 3. The van der Waals surface area contributed by atoms with Gasteiger partial charge in [-0.15, -0.1) is 0 Å². The third kappa shape index (κ3) is 4.45. The Hall–Kier alpha value is -5.44. The number of nitrogens with one attached hydrogen (secondary N) is 3. The first-order chi connectivity index (χ1) is 20.5. The lowest BCUT2D eigenvalue weighted by atomic mass is 10.1. The summed E-state index contributed by atoms with van der Waals surface area (Å²) < 4.78 is 1.80. The van der Waals surface area contributed by atoms with Crippen molar-refractivity contribution in [2.24, 2.45) is 7.05 Å². The van der Waals surface area contributed by atoms with Gasteiger partial charge >= 0.3 is 0 Å². The third-order valence-corrected chi connectivity index (χ3v) is 7.86. The predicted molar refractivity (Wildman–Crippen MR) is 166 cm³/mol. The average molecular weight is 555 g/mol. The van der Waals surface area contributed by atoms with E-state index in [-0.39, 0.29) is 5.91 Å². The van der Waals surface area contributed by atoms with E-state index in [9.17, 15) is 4.79 Å². The van der Waals surface area contributed by atoms with Crippen LogP contribution in [0.2, 0.25) is 0 Å². The topological polar surface area (TPSA) is 104 Å². The van der Waals surface area contributed by atoms with E-state index in [2.05, 4.69) is 43.9 Å². The van der Waals surface area contributed by atoms with Crippen LogP contribution in [0.5, 0.6) is 0 Å². The number of para-hydroxylation sites is 1. The molecule has 9 heteroatoms. The number of benzene rings is 3. The van der Waals surface area contributed by atoms with Crippen molar-refractivity contribution in [3.8, 4) is 11.3 Å². The van der Waals surface area contributed by atoms with E-state index in [1.165, 1.54) is 5.56 Å². The molecule has 0 saturated carbocycles. The molecular weight excluding hydrogens is 524 g/mol. The van der Waals surface area contributed by atoms with Crippen molar-refractivity contribution in [2.45, 2.75) is 26.9 Å². The molecule has 7 rings (SSSR count). The molecular formula is C33H30N8O. The molecule has 4 heterocycles. The maximum absolute atomic E-state index is 13.7. The highest BCUT2D eigenvalue weighted by Crippen LogP contribution is 2.39. The molecule has 0 atom stereocenters. The Labute approximate surface area is 243 Å². The molecule has 0 unspecified atom stereocenters. The molecule has 6 aromatic rings. The van der Waals surface area contributed by atoms with Gasteiger partial charge in [0.2, 0.25) is 5.95 Å². The molecule has 1 aliphatic rings. The van der Waals surface area contributed by atoms with Gasteiger partial charge in [-0.2, -0.15) is 5.10 Å². The second-order valence-corrected chi connectivity index (χ2v) is 10.6. The lowest BCUT2D eigenvalue weighted by Gasteiger charge is -2.17. The average Bonchev–Trinajstić information content (AvgIpc) is 3.68. The molecule has 0 radical (unpaired) electrons. The van der Waals surface area contributed by atoms with E-state index in [4.69, 9.17) is 4.98 Å². The van der Waals surface area contributed by atoms with E-state index in [1.807, 2.05) is 92.8 Å². The van der Waals surface area contributed by atoms with Crippen molar-refractivity contribution in [3.05, 3.63) is 113 Å². The van der Waals surface area contributed by atoms with Crippen LogP contribution in [-0.4, -0.2) is 30.6 Å². The number of carbonyl (C=O) groups excluding carboxylic acids is 1. The summed E-state index contributed by atoms with van der Waals surface area (Å²) in [6, 6.07) is 24.2. The van der Waals surface area contributed by atoms with Gasteiger partial charge in [0.05, 0.1) is 23.4 Å². The summed E-state index contributed by atoms with van der Waals surface area (Å²) in [6.45, 7) is 5.17. The molecule has 0 fully saturated rings. The Morgan fingerprint density at radius 2 is 1.81 bits per heavy atom. The SMILES string of the molecule is Cc1cnc(Nc2cc(C)n(C)n2)nc1-c1c[nH]c2c(N3Cc4c(NCc5ccccc5)cccc4C3=O)cccc12. The van der Waals surface area contributed by atoms with Gasteiger partial charge in [-0.25, -0.2) is 9.97 Å². The van der Waals surface area contributed by atoms with Crippen molar-refractivity contribution < 1.29 is 4.79 Å². The normalized spacial score (nSPS) is 12.6. The monoisotopic (exact) mass is 554 g/mol. The number of rotatable bonds is 7. The lowest BCUT2D eigenvalue weighted by Crippen LogP contribution is -2.23. The minimum Gasteiger partial charge on any atom is -0.381 e. The van der Waals surface area contributed by atoms with Crippen LogP contribution in [0.15, 0.2) is 85.2 Å². The summed E-state index contributed by atoms with van der Waals surface area (Å²) >= 11 is 0. The number of amides is 1. The summed E-state index contributed by atoms with van der Waals surface area (Å²) in [5.74, 6) is 1.16. The van der Waals surface area contributed by atoms with E-state index in [0.717, 1.165) is 55.9 Å². The van der Waals surface area contributed by atoms with Gasteiger partial charge in [0.15, 0.2) is 5.82 Å². The first kappa shape index (κ1) is 25.5. The van der Waals surface area contributed by atoms with Gasteiger partial charge in [-0.1, -0.05) is 48.5 Å². The summed E-state index contributed by atoms with van der Waals surface area (Å²) in [5.41, 5.74) is 9.37. The fourth-order valence-electron chi connectivity index (χ4n) is 5.56. The molecule has 0 spiro atoms. The second-order valence-electron chi connectivity index (χ2n) is 10.6. The molecule has 3 aromatic carbocycles. The summed E-state index contributed by atoms with van der Waals surface area (Å²) in [7, 11) is 1.90. The minimum atomic E-state index is -0.00707. The zero-order valence-corrected chi connectivity index (χ0v) is 23.6. The summed E-state index contributed by atoms with van der Waals surface area (Å²) in [6.07, 6.45) is 3.77. The van der Waals surface area contributed by atoms with Gasteiger partial charge in [0.1, 0.15) is 0 Å². The first-order valence-corrected chi connectivity index (χ1v) is 13.9. The molecule has 208 valence electrons. The van der Waals surface area contributed by atoms with Crippen LogP contribution in [-0.2, 0) is 20.1 Å². The van der Waals surface area contributed by atoms with Crippen molar-refractivity contribution in [2.75, 3.05) is 15.5 Å². The van der Waals surface area contributed by atoms with Crippen molar-refractivity contribution in [1.29, 1.82) is 0 Å². The highest BCUT2D eigenvalue weighted by Gasteiger charge is 2.32. The smallest absolute Gasteiger partial charge is 0.259 e. The maximum atomic E-state index is 13.7. The minimum absolute atomic E-state index is 0.00707. The van der Waals surface area contributed by atoms with E-state index < -0.39 is 0 Å². The molecule has 9 nitrogen and oxygen atoms in total. The molecule has 42 heavy (non-hydrogen) atoms. The molecule has 0 bridgehead atoms. The number of hydrogen-bond acceptors (Lipinski definition) is 6. The number of hydrogen-bond donors (Lipinski definition) is 3.